The first-order valence-corrected chi connectivity index (χ1v) is 16.8. The van der Waals surface area contributed by atoms with Gasteiger partial charge >= 0.3 is 0 Å². The van der Waals surface area contributed by atoms with Crippen LogP contribution in [-0.2, 0) is 14.9 Å². The minimum atomic E-state index is -4.43. The third kappa shape index (κ3) is 23.9. The highest BCUT2D eigenvalue weighted by molar-refractivity contribution is 7.85. The summed E-state index contributed by atoms with van der Waals surface area (Å²) in [5.74, 6) is -1.56. The maximum atomic E-state index is 12.4. The van der Waals surface area contributed by atoms with Crippen molar-refractivity contribution in [2.75, 3.05) is 5.75 Å². The van der Waals surface area contributed by atoms with E-state index in [1.54, 1.807) is 6.08 Å². The van der Waals surface area contributed by atoms with Gasteiger partial charge in [-0.1, -0.05) is 134 Å². The smallest absolute Gasteiger partial charge is 0.267 e. The number of unbranched alkanes of at least 4 members (excludes halogenated alkanes) is 15. The minimum Gasteiger partial charge on any atom is -0.387 e. The average molecular weight is 560 g/mol. The van der Waals surface area contributed by atoms with Crippen molar-refractivity contribution in [2.24, 2.45) is 0 Å². The summed E-state index contributed by atoms with van der Waals surface area (Å²) in [5.41, 5.74) is 0. The zero-order valence-electron chi connectivity index (χ0n) is 24.2. The Kier molecular flexibility index (Phi) is 24.0. The zero-order chi connectivity index (χ0) is 28.5. The highest BCUT2D eigenvalue weighted by atomic mass is 32.2. The summed E-state index contributed by atoms with van der Waals surface area (Å²) in [6.07, 6.45) is 25.4. The van der Waals surface area contributed by atoms with Gasteiger partial charge in [0, 0.05) is 0 Å². The van der Waals surface area contributed by atoms with E-state index in [0.29, 0.717) is 12.8 Å². The SMILES string of the molecule is CCCC/C=C/CC/C=C/C(O)C(CS(=O)(=O)O)NC(=O)C(O)CCCCCCCCCCCCCCC. The van der Waals surface area contributed by atoms with Gasteiger partial charge in [0.2, 0.25) is 5.91 Å². The molecule has 4 N–H and O–H groups in total. The molecule has 0 aliphatic rings. The number of amides is 1. The number of carbonyl (C=O) groups excluding carboxylic acids is 1. The number of carbonyl (C=O) groups is 1. The molecule has 7 nitrogen and oxygen atoms in total. The second-order valence-corrected chi connectivity index (χ2v) is 12.0. The van der Waals surface area contributed by atoms with Crippen molar-refractivity contribution in [2.45, 2.75) is 154 Å². The molecule has 0 aromatic heterocycles. The molecule has 0 aliphatic heterocycles. The van der Waals surface area contributed by atoms with Gasteiger partial charge in [-0.25, -0.2) is 0 Å². The largest absolute Gasteiger partial charge is 0.387 e. The molecule has 8 heteroatoms. The molecule has 0 heterocycles. The molecule has 3 unspecified atom stereocenters. The van der Waals surface area contributed by atoms with Gasteiger partial charge in [-0.3, -0.25) is 9.35 Å². The third-order valence-corrected chi connectivity index (χ3v) is 7.52. The van der Waals surface area contributed by atoms with Gasteiger partial charge in [0.25, 0.3) is 10.1 Å². The Bertz CT molecular complexity index is 722. The molecule has 0 fully saturated rings. The third-order valence-electron chi connectivity index (χ3n) is 6.74. The van der Waals surface area contributed by atoms with Gasteiger partial charge in [-0.05, 0) is 25.7 Å². The molecule has 0 saturated carbocycles. The summed E-state index contributed by atoms with van der Waals surface area (Å²) in [5, 5.41) is 23.0. The molecule has 38 heavy (non-hydrogen) atoms. The molecule has 3 atom stereocenters. The molecule has 1 amide bonds. The summed E-state index contributed by atoms with van der Waals surface area (Å²) in [4.78, 5) is 12.4. The van der Waals surface area contributed by atoms with Crippen molar-refractivity contribution in [1.29, 1.82) is 0 Å². The predicted octanol–water partition coefficient (Wildman–Crippen LogP) is 6.64. The molecule has 0 saturated heterocycles. The lowest BCUT2D eigenvalue weighted by atomic mass is 10.0. The number of hydrogen-bond donors (Lipinski definition) is 4. The van der Waals surface area contributed by atoms with Gasteiger partial charge in [0.05, 0.1) is 17.9 Å². The van der Waals surface area contributed by atoms with Gasteiger partial charge < -0.3 is 15.5 Å². The maximum Gasteiger partial charge on any atom is 0.267 e. The van der Waals surface area contributed by atoms with Crippen LogP contribution in [-0.4, -0.2) is 53.1 Å². The fourth-order valence-electron chi connectivity index (χ4n) is 4.34. The van der Waals surface area contributed by atoms with Crippen molar-refractivity contribution >= 4 is 16.0 Å². The monoisotopic (exact) mass is 559 g/mol. The lowest BCUT2D eigenvalue weighted by Gasteiger charge is -2.22. The first-order chi connectivity index (χ1) is 18.2. The highest BCUT2D eigenvalue weighted by Crippen LogP contribution is 2.14. The molecule has 0 rings (SSSR count). The van der Waals surface area contributed by atoms with Crippen LogP contribution in [0.15, 0.2) is 24.3 Å². The molecule has 0 aromatic rings. The molecule has 224 valence electrons. The van der Waals surface area contributed by atoms with E-state index in [1.807, 2.05) is 0 Å². The lowest BCUT2D eigenvalue weighted by molar-refractivity contribution is -0.130. The van der Waals surface area contributed by atoms with E-state index in [2.05, 4.69) is 31.3 Å². The molecule has 0 radical (unpaired) electrons. The van der Waals surface area contributed by atoms with E-state index in [0.717, 1.165) is 44.9 Å². The summed E-state index contributed by atoms with van der Waals surface area (Å²) >= 11 is 0. The molecule has 0 spiro atoms. The van der Waals surface area contributed by atoms with Crippen LogP contribution >= 0.6 is 0 Å². The predicted molar refractivity (Wildman–Crippen MR) is 158 cm³/mol. The van der Waals surface area contributed by atoms with Crippen LogP contribution in [0.5, 0.6) is 0 Å². The fraction of sp³-hybridized carbons (Fsp3) is 0.833. The number of allylic oxidation sites excluding steroid dienone is 3. The quantitative estimate of drug-likeness (QED) is 0.0535. The number of aliphatic hydroxyl groups excluding tert-OH is 2. The second-order valence-electron chi connectivity index (χ2n) is 10.5. The van der Waals surface area contributed by atoms with Crippen LogP contribution in [0, 0.1) is 0 Å². The standard InChI is InChI=1S/C30H57NO6S/c1-3-5-7-9-11-13-14-15-16-17-19-21-23-25-29(33)30(34)31-27(26-38(35,36)37)28(32)24-22-20-18-12-10-8-6-4-2/h10,12,22,24,27-29,32-33H,3-9,11,13-21,23,25-26H2,1-2H3,(H,31,34)(H,35,36,37)/b12-10+,24-22+. The van der Waals surface area contributed by atoms with E-state index in [1.165, 1.54) is 63.9 Å². The van der Waals surface area contributed by atoms with Crippen molar-refractivity contribution in [3.63, 3.8) is 0 Å². The van der Waals surface area contributed by atoms with Crippen molar-refractivity contribution < 1.29 is 28.0 Å². The number of rotatable bonds is 26. The van der Waals surface area contributed by atoms with Crippen molar-refractivity contribution in [3.05, 3.63) is 24.3 Å². The molecule has 0 aliphatic carbocycles. The van der Waals surface area contributed by atoms with E-state index in [4.69, 9.17) is 0 Å². The van der Waals surface area contributed by atoms with E-state index in [9.17, 15) is 28.0 Å². The highest BCUT2D eigenvalue weighted by Gasteiger charge is 2.27. The molecular weight excluding hydrogens is 502 g/mol. The Morgan fingerprint density at radius 2 is 1.18 bits per heavy atom. The average Bonchev–Trinajstić information content (AvgIpc) is 2.86. The first-order valence-electron chi connectivity index (χ1n) is 15.1. The van der Waals surface area contributed by atoms with Crippen molar-refractivity contribution in [3.8, 4) is 0 Å². The maximum absolute atomic E-state index is 12.4. The van der Waals surface area contributed by atoms with E-state index >= 15 is 0 Å². The number of nitrogens with one attached hydrogen (secondary N) is 1. The van der Waals surface area contributed by atoms with Gasteiger partial charge in [0.1, 0.15) is 6.10 Å². The molecule has 0 aromatic carbocycles. The van der Waals surface area contributed by atoms with E-state index < -0.39 is 40.0 Å². The van der Waals surface area contributed by atoms with Crippen LogP contribution in [0.25, 0.3) is 0 Å². The Labute approximate surface area is 233 Å². The second kappa shape index (κ2) is 24.8. The number of aliphatic hydroxyl groups is 2. The molecular formula is C30H57NO6S. The zero-order valence-corrected chi connectivity index (χ0v) is 25.0. The number of hydrogen-bond acceptors (Lipinski definition) is 5. The van der Waals surface area contributed by atoms with Crippen LogP contribution in [0.4, 0.5) is 0 Å². The van der Waals surface area contributed by atoms with Crippen LogP contribution in [0.3, 0.4) is 0 Å². The summed E-state index contributed by atoms with van der Waals surface area (Å²) in [6.45, 7) is 4.37. The van der Waals surface area contributed by atoms with Gasteiger partial charge in [-0.2, -0.15) is 8.42 Å². The van der Waals surface area contributed by atoms with Crippen LogP contribution in [0.1, 0.15) is 136 Å². The summed E-state index contributed by atoms with van der Waals surface area (Å²) in [6, 6.07) is -1.24. The van der Waals surface area contributed by atoms with E-state index in [-0.39, 0.29) is 6.42 Å². The Balaban J connectivity index is 4.22. The van der Waals surface area contributed by atoms with Gasteiger partial charge in [-0.15, -0.1) is 0 Å². The topological polar surface area (TPSA) is 124 Å². The summed E-state index contributed by atoms with van der Waals surface area (Å²) in [7, 11) is -4.43. The minimum absolute atomic E-state index is 0.276. The van der Waals surface area contributed by atoms with Gasteiger partial charge in [0.15, 0.2) is 0 Å². The van der Waals surface area contributed by atoms with Crippen molar-refractivity contribution in [1.82, 2.24) is 5.32 Å². The first kappa shape index (κ1) is 36.8. The Morgan fingerprint density at radius 3 is 1.71 bits per heavy atom. The Morgan fingerprint density at radius 1 is 0.711 bits per heavy atom. The lowest BCUT2D eigenvalue weighted by Crippen LogP contribution is -2.50. The van der Waals surface area contributed by atoms with Crippen LogP contribution in [0.2, 0.25) is 0 Å². The Hall–Kier alpha value is -1.22. The molecule has 0 bridgehead atoms. The normalized spacial score (nSPS) is 14.8. The summed E-state index contributed by atoms with van der Waals surface area (Å²) < 4.78 is 32.1. The fourth-order valence-corrected chi connectivity index (χ4v) is 5.07. The van der Waals surface area contributed by atoms with Crippen LogP contribution < -0.4 is 5.32 Å².